The fraction of sp³-hybridized carbons (Fsp3) is 0.273. The van der Waals surface area contributed by atoms with E-state index < -0.39 is 0 Å². The lowest BCUT2D eigenvalue weighted by atomic mass is 10.1. The van der Waals surface area contributed by atoms with Gasteiger partial charge in [0, 0.05) is 0 Å². The maximum atomic E-state index is 3.89. The van der Waals surface area contributed by atoms with Gasteiger partial charge >= 0.3 is 0 Å². The standard InChI is InChI=1S/C11H16/c1-5-6-7-11(4)9-8-10(2)3/h5-7H,1-2,4,8-9H2,3H3/b7-6-. The third-order valence-electron chi connectivity index (χ3n) is 1.34. The number of hydrogen-bond acceptors (Lipinski definition) is 0. The Morgan fingerprint density at radius 1 is 1.27 bits per heavy atom. The van der Waals surface area contributed by atoms with E-state index in [1.807, 2.05) is 19.1 Å². The molecule has 0 rings (SSSR count). The highest BCUT2D eigenvalue weighted by molar-refractivity contribution is 5.18. The molecule has 0 saturated carbocycles. The SMILES string of the molecule is C=C/C=C\C(=C)CCC(=C)C. The van der Waals surface area contributed by atoms with Crippen LogP contribution in [0.2, 0.25) is 0 Å². The summed E-state index contributed by atoms with van der Waals surface area (Å²) >= 11 is 0. The van der Waals surface area contributed by atoms with Crippen LogP contribution in [0.3, 0.4) is 0 Å². The van der Waals surface area contributed by atoms with Crippen molar-refractivity contribution in [2.24, 2.45) is 0 Å². The first-order valence-corrected chi connectivity index (χ1v) is 3.78. The van der Waals surface area contributed by atoms with Crippen LogP contribution < -0.4 is 0 Å². The van der Waals surface area contributed by atoms with Gasteiger partial charge in [0.25, 0.3) is 0 Å². The highest BCUT2D eigenvalue weighted by Crippen LogP contribution is 2.08. The minimum Gasteiger partial charge on any atom is -0.100 e. The molecule has 0 heterocycles. The first-order chi connectivity index (χ1) is 5.16. The van der Waals surface area contributed by atoms with Crippen molar-refractivity contribution in [1.29, 1.82) is 0 Å². The summed E-state index contributed by atoms with van der Waals surface area (Å²) in [5.74, 6) is 0. The van der Waals surface area contributed by atoms with E-state index in [1.54, 1.807) is 6.08 Å². The zero-order chi connectivity index (χ0) is 8.69. The molecular weight excluding hydrogens is 132 g/mol. The van der Waals surface area contributed by atoms with Gasteiger partial charge in [-0.1, -0.05) is 42.5 Å². The molecular formula is C11H16. The molecule has 0 fully saturated rings. The molecule has 0 nitrogen and oxygen atoms in total. The zero-order valence-corrected chi connectivity index (χ0v) is 7.27. The van der Waals surface area contributed by atoms with Crippen LogP contribution in [-0.4, -0.2) is 0 Å². The molecule has 0 unspecified atom stereocenters. The van der Waals surface area contributed by atoms with Gasteiger partial charge in [-0.15, -0.1) is 6.58 Å². The summed E-state index contributed by atoms with van der Waals surface area (Å²) in [5, 5.41) is 0. The van der Waals surface area contributed by atoms with Crippen LogP contribution in [0.15, 0.2) is 49.1 Å². The molecule has 0 N–H and O–H groups in total. The molecule has 0 bridgehead atoms. The molecule has 0 saturated heterocycles. The third kappa shape index (κ3) is 6.85. The van der Waals surface area contributed by atoms with Gasteiger partial charge in [-0.2, -0.15) is 0 Å². The van der Waals surface area contributed by atoms with Gasteiger partial charge < -0.3 is 0 Å². The molecule has 0 aromatic rings. The monoisotopic (exact) mass is 148 g/mol. The number of rotatable bonds is 5. The maximum Gasteiger partial charge on any atom is -0.0248 e. The van der Waals surface area contributed by atoms with Crippen molar-refractivity contribution in [3.63, 3.8) is 0 Å². The van der Waals surface area contributed by atoms with E-state index in [2.05, 4.69) is 19.7 Å². The van der Waals surface area contributed by atoms with Gasteiger partial charge in [0.2, 0.25) is 0 Å². The van der Waals surface area contributed by atoms with Crippen LogP contribution in [0.1, 0.15) is 19.8 Å². The van der Waals surface area contributed by atoms with Gasteiger partial charge in [-0.05, 0) is 19.8 Å². The fourth-order valence-electron chi connectivity index (χ4n) is 0.661. The maximum absolute atomic E-state index is 3.89. The van der Waals surface area contributed by atoms with E-state index in [9.17, 15) is 0 Å². The molecule has 0 aliphatic rings. The van der Waals surface area contributed by atoms with E-state index in [1.165, 1.54) is 5.57 Å². The van der Waals surface area contributed by atoms with Crippen LogP contribution >= 0.6 is 0 Å². The average molecular weight is 148 g/mol. The summed E-state index contributed by atoms with van der Waals surface area (Å²) in [5.41, 5.74) is 2.34. The Bertz CT molecular complexity index is 182. The van der Waals surface area contributed by atoms with Crippen LogP contribution in [0.4, 0.5) is 0 Å². The molecule has 0 spiro atoms. The molecule has 0 aliphatic heterocycles. The average Bonchev–Trinajstić information content (AvgIpc) is 1.97. The van der Waals surface area contributed by atoms with Crippen molar-refractivity contribution < 1.29 is 0 Å². The van der Waals surface area contributed by atoms with Crippen molar-refractivity contribution in [2.45, 2.75) is 19.8 Å². The lowest BCUT2D eigenvalue weighted by molar-refractivity contribution is 0.954. The molecule has 0 aliphatic carbocycles. The molecule has 0 heteroatoms. The van der Waals surface area contributed by atoms with Crippen LogP contribution in [-0.2, 0) is 0 Å². The van der Waals surface area contributed by atoms with Crippen molar-refractivity contribution >= 4 is 0 Å². The van der Waals surface area contributed by atoms with Crippen molar-refractivity contribution in [3.8, 4) is 0 Å². The smallest absolute Gasteiger partial charge is 0.0248 e. The van der Waals surface area contributed by atoms with Crippen LogP contribution in [0, 0.1) is 0 Å². The van der Waals surface area contributed by atoms with Gasteiger partial charge in [-0.25, -0.2) is 0 Å². The molecule has 0 atom stereocenters. The van der Waals surface area contributed by atoms with E-state index in [-0.39, 0.29) is 0 Å². The Kier molecular flexibility index (Phi) is 5.18. The normalized spacial score (nSPS) is 9.91. The molecule has 60 valence electrons. The summed E-state index contributed by atoms with van der Waals surface area (Å²) in [6.45, 7) is 13.3. The quantitative estimate of drug-likeness (QED) is 0.412. The number of hydrogen-bond donors (Lipinski definition) is 0. The fourth-order valence-corrected chi connectivity index (χ4v) is 0.661. The Balaban J connectivity index is 3.61. The minimum atomic E-state index is 1.000. The number of allylic oxidation sites excluding steroid dienone is 5. The molecule has 0 radical (unpaired) electrons. The Labute approximate surface area is 69.6 Å². The lowest BCUT2D eigenvalue weighted by Crippen LogP contribution is -1.78. The minimum absolute atomic E-state index is 1.000. The van der Waals surface area contributed by atoms with E-state index in [4.69, 9.17) is 0 Å². The summed E-state index contributed by atoms with van der Waals surface area (Å²) in [6.07, 6.45) is 7.67. The van der Waals surface area contributed by atoms with Crippen LogP contribution in [0.25, 0.3) is 0 Å². The Morgan fingerprint density at radius 2 is 1.91 bits per heavy atom. The van der Waals surface area contributed by atoms with E-state index >= 15 is 0 Å². The second-order valence-electron chi connectivity index (χ2n) is 2.71. The predicted molar refractivity (Wildman–Crippen MR) is 52.5 cm³/mol. The summed E-state index contributed by atoms with van der Waals surface area (Å²) in [7, 11) is 0. The van der Waals surface area contributed by atoms with Gasteiger partial charge in [-0.3, -0.25) is 0 Å². The summed E-state index contributed by atoms with van der Waals surface area (Å²) in [6, 6.07) is 0. The van der Waals surface area contributed by atoms with Gasteiger partial charge in [0.15, 0.2) is 0 Å². The molecule has 11 heavy (non-hydrogen) atoms. The van der Waals surface area contributed by atoms with E-state index in [0.717, 1.165) is 18.4 Å². The highest BCUT2D eigenvalue weighted by atomic mass is 13.9. The largest absolute Gasteiger partial charge is 0.100 e. The third-order valence-corrected chi connectivity index (χ3v) is 1.34. The topological polar surface area (TPSA) is 0 Å². The molecule has 0 aromatic carbocycles. The van der Waals surface area contributed by atoms with Crippen molar-refractivity contribution in [1.82, 2.24) is 0 Å². The highest BCUT2D eigenvalue weighted by Gasteiger charge is 1.88. The molecule has 0 aromatic heterocycles. The summed E-state index contributed by atoms with van der Waals surface area (Å²) < 4.78 is 0. The second-order valence-corrected chi connectivity index (χ2v) is 2.71. The lowest BCUT2D eigenvalue weighted by Gasteiger charge is -1.98. The zero-order valence-electron chi connectivity index (χ0n) is 7.27. The first kappa shape index (κ1) is 9.96. The van der Waals surface area contributed by atoms with E-state index in [0.29, 0.717) is 0 Å². The predicted octanol–water partition coefficient (Wildman–Crippen LogP) is 3.64. The van der Waals surface area contributed by atoms with Gasteiger partial charge in [0.1, 0.15) is 0 Å². The van der Waals surface area contributed by atoms with Gasteiger partial charge in [0.05, 0.1) is 0 Å². The Hall–Kier alpha value is -1.04. The van der Waals surface area contributed by atoms with Crippen molar-refractivity contribution in [2.75, 3.05) is 0 Å². The second kappa shape index (κ2) is 5.72. The molecule has 0 amide bonds. The first-order valence-electron chi connectivity index (χ1n) is 3.78. The Morgan fingerprint density at radius 3 is 2.36 bits per heavy atom. The van der Waals surface area contributed by atoms with Crippen molar-refractivity contribution in [3.05, 3.63) is 49.1 Å². The van der Waals surface area contributed by atoms with Crippen LogP contribution in [0.5, 0.6) is 0 Å². The summed E-state index contributed by atoms with van der Waals surface area (Å²) in [4.78, 5) is 0.